The summed E-state index contributed by atoms with van der Waals surface area (Å²) in [4.78, 5) is 39.8. The van der Waals surface area contributed by atoms with Crippen LogP contribution in [0.15, 0.2) is 29.3 Å². The predicted octanol–water partition coefficient (Wildman–Crippen LogP) is 1.08. The normalized spacial score (nSPS) is 21.2. The Hall–Kier alpha value is -2.24. The minimum atomic E-state index is -0.568. The standard InChI is InChI=1S/C13H14N2O4/c1-19-11(16)7-4-8-15-12(17)9-5-2-3-6-10(9)14-13(15)18/h2-3,5-6,9H,4,7-8H2,1H3. The Balaban J connectivity index is 2.02. The highest BCUT2D eigenvalue weighted by atomic mass is 16.5. The number of aliphatic imine (C=N–C) groups is 1. The fourth-order valence-electron chi connectivity index (χ4n) is 1.97. The van der Waals surface area contributed by atoms with E-state index in [2.05, 4.69) is 9.73 Å². The van der Waals surface area contributed by atoms with E-state index in [9.17, 15) is 14.4 Å². The molecule has 1 unspecified atom stereocenters. The lowest BCUT2D eigenvalue weighted by Crippen LogP contribution is -2.46. The van der Waals surface area contributed by atoms with Gasteiger partial charge in [-0.05, 0) is 12.5 Å². The summed E-state index contributed by atoms with van der Waals surface area (Å²) in [6, 6.07) is -0.568. The third kappa shape index (κ3) is 2.78. The SMILES string of the molecule is COC(=O)CCCN1C(=O)N=C2C=CC=CC2C1=O. The van der Waals surface area contributed by atoms with Gasteiger partial charge in [0.2, 0.25) is 5.91 Å². The molecule has 2 aliphatic rings. The first-order chi connectivity index (χ1) is 9.13. The maximum absolute atomic E-state index is 12.1. The van der Waals surface area contributed by atoms with Gasteiger partial charge in [0.15, 0.2) is 0 Å². The van der Waals surface area contributed by atoms with Gasteiger partial charge in [0, 0.05) is 13.0 Å². The second-order valence-corrected chi connectivity index (χ2v) is 4.21. The Kier molecular flexibility index (Phi) is 3.89. The van der Waals surface area contributed by atoms with E-state index in [1.807, 2.05) is 0 Å². The molecule has 6 heteroatoms. The van der Waals surface area contributed by atoms with Gasteiger partial charge in [0.25, 0.3) is 0 Å². The highest BCUT2D eigenvalue weighted by molar-refractivity contribution is 6.21. The van der Waals surface area contributed by atoms with Crippen LogP contribution in [0.4, 0.5) is 4.79 Å². The molecule has 19 heavy (non-hydrogen) atoms. The minimum Gasteiger partial charge on any atom is -0.469 e. The fraction of sp³-hybridized carbons (Fsp3) is 0.385. The van der Waals surface area contributed by atoms with Gasteiger partial charge >= 0.3 is 12.0 Å². The van der Waals surface area contributed by atoms with Crippen LogP contribution in [-0.2, 0) is 14.3 Å². The molecule has 2 rings (SSSR count). The second kappa shape index (κ2) is 5.60. The summed E-state index contributed by atoms with van der Waals surface area (Å²) in [6.45, 7) is 0.178. The maximum atomic E-state index is 12.1. The number of ether oxygens (including phenoxy) is 1. The Morgan fingerprint density at radius 1 is 1.42 bits per heavy atom. The monoisotopic (exact) mass is 262 g/mol. The van der Waals surface area contributed by atoms with Crippen molar-refractivity contribution in [1.29, 1.82) is 0 Å². The molecule has 0 fully saturated rings. The van der Waals surface area contributed by atoms with Crippen LogP contribution in [0, 0.1) is 5.92 Å². The molecule has 1 aliphatic heterocycles. The van der Waals surface area contributed by atoms with Gasteiger partial charge in [-0.3, -0.25) is 14.5 Å². The topological polar surface area (TPSA) is 76.0 Å². The zero-order valence-corrected chi connectivity index (χ0v) is 10.5. The number of hydrogen-bond acceptors (Lipinski definition) is 4. The van der Waals surface area contributed by atoms with E-state index in [1.165, 1.54) is 7.11 Å². The van der Waals surface area contributed by atoms with Crippen LogP contribution < -0.4 is 0 Å². The van der Waals surface area contributed by atoms with Crippen LogP contribution in [0.1, 0.15) is 12.8 Å². The van der Waals surface area contributed by atoms with Crippen molar-refractivity contribution < 1.29 is 19.1 Å². The number of imide groups is 1. The number of carbonyl (C=O) groups excluding carboxylic acids is 3. The smallest absolute Gasteiger partial charge is 0.350 e. The van der Waals surface area contributed by atoms with Gasteiger partial charge in [-0.1, -0.05) is 18.2 Å². The van der Waals surface area contributed by atoms with Gasteiger partial charge in [0.1, 0.15) is 0 Å². The molecule has 0 radical (unpaired) electrons. The Morgan fingerprint density at radius 3 is 2.95 bits per heavy atom. The predicted molar refractivity (Wildman–Crippen MR) is 67.6 cm³/mol. The zero-order valence-electron chi connectivity index (χ0n) is 10.5. The number of amides is 3. The zero-order chi connectivity index (χ0) is 13.8. The van der Waals surface area contributed by atoms with Crippen LogP contribution in [0.25, 0.3) is 0 Å². The largest absolute Gasteiger partial charge is 0.469 e. The van der Waals surface area contributed by atoms with E-state index in [0.29, 0.717) is 12.1 Å². The summed E-state index contributed by atoms with van der Waals surface area (Å²) in [7, 11) is 1.30. The van der Waals surface area contributed by atoms with E-state index < -0.39 is 11.9 Å². The molecule has 100 valence electrons. The Labute approximate surface area is 110 Å². The minimum absolute atomic E-state index is 0.171. The summed E-state index contributed by atoms with van der Waals surface area (Å²) in [5.74, 6) is -1.14. The highest BCUT2D eigenvalue weighted by Crippen LogP contribution is 2.19. The third-order valence-corrected chi connectivity index (χ3v) is 2.98. The molecule has 1 atom stereocenters. The molecule has 1 heterocycles. The number of allylic oxidation sites excluding steroid dienone is 3. The first-order valence-corrected chi connectivity index (χ1v) is 5.99. The van der Waals surface area contributed by atoms with Gasteiger partial charge in [-0.25, -0.2) is 4.79 Å². The van der Waals surface area contributed by atoms with E-state index >= 15 is 0 Å². The molecular formula is C13H14N2O4. The van der Waals surface area contributed by atoms with Crippen molar-refractivity contribution >= 4 is 23.6 Å². The van der Waals surface area contributed by atoms with Crippen molar-refractivity contribution in [2.24, 2.45) is 10.9 Å². The lowest BCUT2D eigenvalue weighted by Gasteiger charge is -2.28. The van der Waals surface area contributed by atoms with Gasteiger partial charge in [-0.2, -0.15) is 4.99 Å². The molecule has 0 aromatic heterocycles. The van der Waals surface area contributed by atoms with Crippen LogP contribution in [0.3, 0.4) is 0 Å². The molecule has 1 aliphatic carbocycles. The molecule has 0 saturated carbocycles. The molecule has 0 aromatic rings. The van der Waals surface area contributed by atoms with Gasteiger partial charge < -0.3 is 4.74 Å². The molecular weight excluding hydrogens is 248 g/mol. The first-order valence-electron chi connectivity index (χ1n) is 5.99. The summed E-state index contributed by atoms with van der Waals surface area (Å²) in [5, 5.41) is 0. The van der Waals surface area contributed by atoms with Crippen LogP contribution in [0.2, 0.25) is 0 Å². The van der Waals surface area contributed by atoms with Crippen molar-refractivity contribution in [3.05, 3.63) is 24.3 Å². The molecule has 0 aromatic carbocycles. The van der Waals surface area contributed by atoms with Crippen molar-refractivity contribution in [2.75, 3.05) is 13.7 Å². The van der Waals surface area contributed by atoms with Crippen molar-refractivity contribution in [3.8, 4) is 0 Å². The molecule has 0 bridgehead atoms. The molecule has 0 N–H and O–H groups in total. The summed E-state index contributed by atoms with van der Waals surface area (Å²) in [6.07, 6.45) is 7.41. The van der Waals surface area contributed by atoms with E-state index in [1.54, 1.807) is 24.3 Å². The van der Waals surface area contributed by atoms with Gasteiger partial charge in [-0.15, -0.1) is 0 Å². The molecule has 0 saturated heterocycles. The summed E-state index contributed by atoms with van der Waals surface area (Å²) in [5.41, 5.74) is 0.474. The van der Waals surface area contributed by atoms with Crippen LogP contribution in [0.5, 0.6) is 0 Å². The number of rotatable bonds is 4. The van der Waals surface area contributed by atoms with E-state index in [4.69, 9.17) is 0 Å². The number of methoxy groups -OCH3 is 1. The van der Waals surface area contributed by atoms with Crippen molar-refractivity contribution in [3.63, 3.8) is 0 Å². The lowest BCUT2D eigenvalue weighted by atomic mass is 9.95. The number of carbonyl (C=O) groups is 3. The average Bonchev–Trinajstić information content (AvgIpc) is 2.42. The summed E-state index contributed by atoms with van der Waals surface area (Å²) < 4.78 is 4.50. The van der Waals surface area contributed by atoms with Gasteiger partial charge in [0.05, 0.1) is 18.7 Å². The Morgan fingerprint density at radius 2 is 2.21 bits per heavy atom. The number of esters is 1. The summed E-state index contributed by atoms with van der Waals surface area (Å²) >= 11 is 0. The molecule has 6 nitrogen and oxygen atoms in total. The maximum Gasteiger partial charge on any atom is 0.350 e. The molecule has 3 amide bonds. The number of fused-ring (bicyclic) bond motifs is 1. The van der Waals surface area contributed by atoms with E-state index in [0.717, 1.165) is 4.90 Å². The molecule has 0 spiro atoms. The number of hydrogen-bond donors (Lipinski definition) is 0. The van der Waals surface area contributed by atoms with E-state index in [-0.39, 0.29) is 24.8 Å². The van der Waals surface area contributed by atoms with Crippen LogP contribution in [-0.4, -0.2) is 42.2 Å². The highest BCUT2D eigenvalue weighted by Gasteiger charge is 2.35. The van der Waals surface area contributed by atoms with Crippen molar-refractivity contribution in [1.82, 2.24) is 4.90 Å². The first kappa shape index (κ1) is 13.2. The van der Waals surface area contributed by atoms with Crippen molar-refractivity contribution in [2.45, 2.75) is 12.8 Å². The lowest BCUT2D eigenvalue weighted by molar-refractivity contribution is -0.141. The Bertz CT molecular complexity index is 505. The average molecular weight is 262 g/mol. The third-order valence-electron chi connectivity index (χ3n) is 2.98. The number of urea groups is 1. The van der Waals surface area contributed by atoms with Crippen LogP contribution >= 0.6 is 0 Å². The second-order valence-electron chi connectivity index (χ2n) is 4.21. The number of nitrogens with zero attached hydrogens (tertiary/aromatic N) is 2. The fourth-order valence-corrected chi connectivity index (χ4v) is 1.97. The quantitative estimate of drug-likeness (QED) is 0.710.